The zero-order valence-electron chi connectivity index (χ0n) is 14.9. The molecule has 1 saturated heterocycles. The summed E-state index contributed by atoms with van der Waals surface area (Å²) in [4.78, 5) is 0.399. The Kier molecular flexibility index (Phi) is 7.22. The average Bonchev–Trinajstić information content (AvgIpc) is 2.94. The van der Waals surface area contributed by atoms with Crippen LogP contribution < -0.4 is 5.43 Å². The Hall–Kier alpha value is -0.950. The van der Waals surface area contributed by atoms with E-state index in [1.165, 1.54) is 0 Å². The highest BCUT2D eigenvalue weighted by atomic mass is 32.2. The number of hydrogen-bond donors (Lipinski definition) is 1. The van der Waals surface area contributed by atoms with Gasteiger partial charge in [0.15, 0.2) is 9.84 Å². The molecule has 1 N–H and O–H groups in total. The van der Waals surface area contributed by atoms with Gasteiger partial charge in [0.1, 0.15) is 0 Å². The number of hydrazine groups is 1. The summed E-state index contributed by atoms with van der Waals surface area (Å²) in [6.45, 7) is 5.86. The van der Waals surface area contributed by atoms with Gasteiger partial charge in [0.05, 0.1) is 17.3 Å². The van der Waals surface area contributed by atoms with Crippen LogP contribution in [0.3, 0.4) is 0 Å². The number of benzene rings is 1. The van der Waals surface area contributed by atoms with E-state index in [1.54, 1.807) is 31.4 Å². The van der Waals surface area contributed by atoms with Gasteiger partial charge in [0.2, 0.25) is 0 Å². The predicted octanol–water partition coefficient (Wildman–Crippen LogP) is 2.49. The fraction of sp³-hybridized carbons (Fsp3) is 0.667. The van der Waals surface area contributed by atoms with Crippen LogP contribution in [0.15, 0.2) is 35.2 Å². The smallest absolute Gasteiger partial charge is 0.179 e. The molecule has 2 rings (SSSR count). The first-order valence-corrected chi connectivity index (χ1v) is 10.4. The zero-order valence-corrected chi connectivity index (χ0v) is 15.8. The molecule has 2 atom stereocenters. The van der Waals surface area contributed by atoms with Gasteiger partial charge in [-0.2, -0.15) is 0 Å². The Bertz CT molecular complexity index is 590. The lowest BCUT2D eigenvalue weighted by molar-refractivity contribution is 0.0707. The van der Waals surface area contributed by atoms with Gasteiger partial charge in [-0.05, 0) is 37.3 Å². The summed E-state index contributed by atoms with van der Waals surface area (Å²) in [5.41, 5.74) is 3.48. The van der Waals surface area contributed by atoms with Crippen LogP contribution in [0.2, 0.25) is 0 Å². The first-order valence-electron chi connectivity index (χ1n) is 8.72. The summed E-state index contributed by atoms with van der Waals surface area (Å²) < 4.78 is 30.7. The molecular weight excluding hydrogens is 324 g/mol. The number of rotatable bonds is 9. The van der Waals surface area contributed by atoms with E-state index in [2.05, 4.69) is 24.3 Å². The number of methoxy groups -OCH3 is 1. The zero-order chi connectivity index (χ0) is 17.6. The molecule has 0 unspecified atom stereocenters. The van der Waals surface area contributed by atoms with Crippen LogP contribution in [0.25, 0.3) is 0 Å². The van der Waals surface area contributed by atoms with Crippen LogP contribution in [0.4, 0.5) is 0 Å². The second-order valence-electron chi connectivity index (χ2n) is 6.99. The Morgan fingerprint density at radius 2 is 2.00 bits per heavy atom. The van der Waals surface area contributed by atoms with Gasteiger partial charge in [0, 0.05) is 25.7 Å². The van der Waals surface area contributed by atoms with E-state index in [0.717, 1.165) is 25.8 Å². The second-order valence-corrected chi connectivity index (χ2v) is 9.03. The normalized spacial score (nSPS) is 20.6. The van der Waals surface area contributed by atoms with E-state index in [0.29, 0.717) is 23.5 Å². The molecule has 1 aliphatic rings. The Labute approximate surface area is 146 Å². The monoisotopic (exact) mass is 354 g/mol. The fourth-order valence-electron chi connectivity index (χ4n) is 3.32. The van der Waals surface area contributed by atoms with Crippen molar-refractivity contribution < 1.29 is 13.2 Å². The third kappa shape index (κ3) is 5.55. The summed E-state index contributed by atoms with van der Waals surface area (Å²) in [5.74, 6) is 0.544. The molecule has 1 heterocycles. The summed E-state index contributed by atoms with van der Waals surface area (Å²) in [7, 11) is -1.59. The topological polar surface area (TPSA) is 58.6 Å². The number of ether oxygens (including phenoxy) is 1. The Balaban J connectivity index is 2.08. The molecule has 1 aromatic rings. The van der Waals surface area contributed by atoms with Crippen LogP contribution in [0, 0.1) is 5.92 Å². The van der Waals surface area contributed by atoms with Crippen LogP contribution in [-0.2, 0) is 14.6 Å². The highest BCUT2D eigenvalue weighted by Gasteiger charge is 2.29. The molecule has 1 aromatic carbocycles. The van der Waals surface area contributed by atoms with Crippen molar-refractivity contribution >= 4 is 9.84 Å². The lowest BCUT2D eigenvalue weighted by Gasteiger charge is -2.31. The summed E-state index contributed by atoms with van der Waals surface area (Å²) in [6.07, 6.45) is 3.02. The van der Waals surface area contributed by atoms with E-state index in [-0.39, 0.29) is 11.8 Å². The molecule has 0 radical (unpaired) electrons. The number of sulfone groups is 1. The average molecular weight is 355 g/mol. The minimum absolute atomic E-state index is 0.0901. The quantitative estimate of drug-likeness (QED) is 0.738. The minimum Gasteiger partial charge on any atom is -0.383 e. The van der Waals surface area contributed by atoms with Crippen molar-refractivity contribution in [3.63, 3.8) is 0 Å². The highest BCUT2D eigenvalue weighted by Crippen LogP contribution is 2.19. The molecule has 0 saturated carbocycles. The Morgan fingerprint density at radius 1 is 1.29 bits per heavy atom. The van der Waals surface area contributed by atoms with Gasteiger partial charge >= 0.3 is 0 Å². The SMILES string of the molecule is COC[C@@H]1CCCN1N[C@@H](CC(C)C)CS(=O)(=O)c1ccccc1. The fourth-order valence-corrected chi connectivity index (χ4v) is 4.83. The van der Waals surface area contributed by atoms with Crippen LogP contribution in [-0.4, -0.2) is 51.5 Å². The molecule has 1 aliphatic heterocycles. The van der Waals surface area contributed by atoms with Gasteiger partial charge < -0.3 is 4.74 Å². The molecule has 0 aliphatic carbocycles. The molecule has 6 heteroatoms. The van der Waals surface area contributed by atoms with Crippen molar-refractivity contribution in [2.75, 3.05) is 26.0 Å². The molecule has 24 heavy (non-hydrogen) atoms. The maximum atomic E-state index is 12.7. The van der Waals surface area contributed by atoms with Crippen molar-refractivity contribution in [1.29, 1.82) is 0 Å². The van der Waals surface area contributed by atoms with Gasteiger partial charge in [-0.1, -0.05) is 32.0 Å². The molecule has 136 valence electrons. The van der Waals surface area contributed by atoms with Gasteiger partial charge in [-0.15, -0.1) is 0 Å². The van der Waals surface area contributed by atoms with Crippen molar-refractivity contribution in [3.8, 4) is 0 Å². The van der Waals surface area contributed by atoms with E-state index < -0.39 is 9.84 Å². The van der Waals surface area contributed by atoms with E-state index in [9.17, 15) is 8.42 Å². The Morgan fingerprint density at radius 3 is 2.62 bits per heavy atom. The molecular formula is C18H30N2O3S. The molecule has 0 spiro atoms. The number of nitrogens with zero attached hydrogens (tertiary/aromatic N) is 1. The van der Waals surface area contributed by atoms with Crippen molar-refractivity contribution in [2.24, 2.45) is 5.92 Å². The summed E-state index contributed by atoms with van der Waals surface area (Å²) in [5, 5.41) is 2.18. The van der Waals surface area contributed by atoms with Gasteiger partial charge in [-0.25, -0.2) is 13.4 Å². The summed E-state index contributed by atoms with van der Waals surface area (Å²) >= 11 is 0. The predicted molar refractivity (Wildman–Crippen MR) is 96.5 cm³/mol. The first-order chi connectivity index (χ1) is 11.4. The summed E-state index contributed by atoms with van der Waals surface area (Å²) in [6, 6.07) is 8.95. The van der Waals surface area contributed by atoms with Crippen molar-refractivity contribution in [1.82, 2.24) is 10.4 Å². The van der Waals surface area contributed by atoms with Crippen LogP contribution in [0.1, 0.15) is 33.1 Å². The number of nitrogens with one attached hydrogen (secondary N) is 1. The maximum absolute atomic E-state index is 12.7. The minimum atomic E-state index is -3.30. The van der Waals surface area contributed by atoms with Crippen LogP contribution in [0.5, 0.6) is 0 Å². The molecule has 5 nitrogen and oxygen atoms in total. The third-order valence-electron chi connectivity index (χ3n) is 4.36. The third-order valence-corrected chi connectivity index (χ3v) is 6.20. The lowest BCUT2D eigenvalue weighted by atomic mass is 10.1. The van der Waals surface area contributed by atoms with E-state index in [4.69, 9.17) is 4.74 Å². The van der Waals surface area contributed by atoms with Crippen molar-refractivity contribution in [2.45, 2.75) is 50.1 Å². The molecule has 1 fully saturated rings. The highest BCUT2D eigenvalue weighted by molar-refractivity contribution is 7.91. The van der Waals surface area contributed by atoms with E-state index >= 15 is 0 Å². The van der Waals surface area contributed by atoms with E-state index in [1.807, 2.05) is 6.07 Å². The second kappa shape index (κ2) is 8.94. The largest absolute Gasteiger partial charge is 0.383 e. The maximum Gasteiger partial charge on any atom is 0.179 e. The molecule has 0 amide bonds. The first kappa shape index (κ1) is 19.4. The molecule has 0 bridgehead atoms. The van der Waals surface area contributed by atoms with Crippen LogP contribution >= 0.6 is 0 Å². The molecule has 0 aromatic heterocycles. The standard InChI is InChI=1S/C18H30N2O3S/c1-15(2)12-16(19-20-11-7-8-17(20)13-23-3)14-24(21,22)18-9-5-4-6-10-18/h4-6,9-10,15-17,19H,7-8,11-14H2,1-3H3/t16-,17-/m0/s1. The van der Waals surface area contributed by atoms with Crippen molar-refractivity contribution in [3.05, 3.63) is 30.3 Å². The lowest BCUT2D eigenvalue weighted by Crippen LogP contribution is -2.51. The number of hydrogen-bond acceptors (Lipinski definition) is 5. The van der Waals surface area contributed by atoms with Gasteiger partial charge in [-0.3, -0.25) is 5.43 Å². The van der Waals surface area contributed by atoms with Gasteiger partial charge in [0.25, 0.3) is 0 Å².